The monoisotopic (exact) mass is 196 g/mol. The normalized spacial score (nSPS) is 31.6. The predicted octanol–water partition coefficient (Wildman–Crippen LogP) is 1.85. The first kappa shape index (κ1) is 9.77. The van der Waals surface area contributed by atoms with E-state index in [1.165, 1.54) is 11.8 Å². The van der Waals surface area contributed by atoms with Crippen LogP contribution in [0.2, 0.25) is 0 Å². The van der Waals surface area contributed by atoms with E-state index in [4.69, 9.17) is 5.11 Å². The molecule has 0 aliphatic heterocycles. The number of carbonyl (C=O) groups is 1. The summed E-state index contributed by atoms with van der Waals surface area (Å²) in [6, 6.07) is 0. The number of aliphatic carboxylic acids is 1. The number of halogens is 2. The Bertz CT molecular complexity index is 208. The summed E-state index contributed by atoms with van der Waals surface area (Å²) in [4.78, 5) is 10.5. The summed E-state index contributed by atoms with van der Waals surface area (Å²) in [6.07, 6.45) is -0.498. The number of hydrogen-bond acceptors (Lipinski definition) is 2. The molecule has 12 heavy (non-hydrogen) atoms. The molecule has 0 aromatic carbocycles. The molecule has 0 aromatic heterocycles. The van der Waals surface area contributed by atoms with Gasteiger partial charge in [0.15, 0.2) is 0 Å². The van der Waals surface area contributed by atoms with Crippen LogP contribution in [0.3, 0.4) is 0 Å². The number of carboxylic acids is 1. The summed E-state index contributed by atoms with van der Waals surface area (Å²) < 4.78 is 25.3. The molecule has 1 fully saturated rings. The summed E-state index contributed by atoms with van der Waals surface area (Å²) in [5, 5.41) is 8.57. The van der Waals surface area contributed by atoms with Gasteiger partial charge in [0.1, 0.15) is 5.41 Å². The van der Waals surface area contributed by atoms with Crippen LogP contribution in [0.15, 0.2) is 0 Å². The number of alkyl halides is 2. The van der Waals surface area contributed by atoms with Crippen molar-refractivity contribution in [1.29, 1.82) is 0 Å². The lowest BCUT2D eigenvalue weighted by Gasteiger charge is -2.08. The molecule has 1 aliphatic rings. The highest BCUT2D eigenvalue weighted by molar-refractivity contribution is 7.99. The third kappa shape index (κ3) is 1.30. The minimum atomic E-state index is -2.99. The molecule has 0 aromatic rings. The molecule has 1 atom stereocenters. The van der Waals surface area contributed by atoms with E-state index in [9.17, 15) is 13.6 Å². The topological polar surface area (TPSA) is 37.3 Å². The summed E-state index contributed by atoms with van der Waals surface area (Å²) in [7, 11) is 0. The van der Waals surface area contributed by atoms with E-state index < -0.39 is 23.7 Å². The van der Waals surface area contributed by atoms with Gasteiger partial charge in [-0.25, -0.2) is 8.78 Å². The van der Waals surface area contributed by atoms with Crippen molar-refractivity contribution in [3.05, 3.63) is 0 Å². The largest absolute Gasteiger partial charge is 0.481 e. The average molecular weight is 196 g/mol. The van der Waals surface area contributed by atoms with Crippen LogP contribution in [-0.2, 0) is 4.79 Å². The van der Waals surface area contributed by atoms with Crippen LogP contribution in [-0.4, -0.2) is 28.5 Å². The van der Waals surface area contributed by atoms with Gasteiger partial charge in [0.25, 0.3) is 5.92 Å². The minimum Gasteiger partial charge on any atom is -0.481 e. The molecule has 5 heteroatoms. The summed E-state index contributed by atoms with van der Waals surface area (Å²) in [5.74, 6) is -3.66. The SMILES string of the molecule is CCSCC1(C(=O)O)CC1(F)F. The van der Waals surface area contributed by atoms with Gasteiger partial charge in [-0.15, -0.1) is 0 Å². The van der Waals surface area contributed by atoms with Crippen molar-refractivity contribution >= 4 is 17.7 Å². The van der Waals surface area contributed by atoms with E-state index in [0.717, 1.165) is 0 Å². The van der Waals surface area contributed by atoms with Gasteiger partial charge in [0.2, 0.25) is 0 Å². The van der Waals surface area contributed by atoms with Gasteiger partial charge < -0.3 is 5.11 Å². The Morgan fingerprint density at radius 2 is 2.17 bits per heavy atom. The second-order valence-electron chi connectivity index (χ2n) is 2.91. The van der Waals surface area contributed by atoms with E-state index >= 15 is 0 Å². The van der Waals surface area contributed by atoms with Gasteiger partial charge in [-0.05, 0) is 5.75 Å². The zero-order valence-electron chi connectivity index (χ0n) is 6.64. The number of thioether (sulfide) groups is 1. The van der Waals surface area contributed by atoms with Crippen molar-refractivity contribution in [2.45, 2.75) is 19.3 Å². The molecule has 0 saturated heterocycles. The van der Waals surface area contributed by atoms with Crippen LogP contribution >= 0.6 is 11.8 Å². The van der Waals surface area contributed by atoms with Crippen molar-refractivity contribution in [1.82, 2.24) is 0 Å². The van der Waals surface area contributed by atoms with Crippen LogP contribution in [0.25, 0.3) is 0 Å². The molecule has 0 amide bonds. The zero-order chi connectivity index (χ0) is 9.41. The molecular weight excluding hydrogens is 186 g/mol. The maximum absolute atomic E-state index is 12.6. The highest BCUT2D eigenvalue weighted by atomic mass is 32.2. The smallest absolute Gasteiger partial charge is 0.316 e. The quantitative estimate of drug-likeness (QED) is 0.745. The van der Waals surface area contributed by atoms with E-state index in [-0.39, 0.29) is 5.75 Å². The fourth-order valence-corrected chi connectivity index (χ4v) is 2.05. The van der Waals surface area contributed by atoms with Crippen molar-refractivity contribution < 1.29 is 18.7 Å². The van der Waals surface area contributed by atoms with Crippen LogP contribution < -0.4 is 0 Å². The van der Waals surface area contributed by atoms with Gasteiger partial charge in [0, 0.05) is 12.2 Å². The van der Waals surface area contributed by atoms with Crippen molar-refractivity contribution in [3.8, 4) is 0 Å². The van der Waals surface area contributed by atoms with Crippen molar-refractivity contribution in [3.63, 3.8) is 0 Å². The Morgan fingerprint density at radius 1 is 1.67 bits per heavy atom. The highest BCUT2D eigenvalue weighted by Gasteiger charge is 2.76. The van der Waals surface area contributed by atoms with Crippen LogP contribution in [0.4, 0.5) is 8.78 Å². The van der Waals surface area contributed by atoms with Gasteiger partial charge in [0.05, 0.1) is 0 Å². The fraction of sp³-hybridized carbons (Fsp3) is 0.857. The molecular formula is C7H10F2O2S. The molecule has 70 valence electrons. The fourth-order valence-electron chi connectivity index (χ4n) is 1.06. The maximum atomic E-state index is 12.6. The molecule has 0 heterocycles. The molecule has 1 rings (SSSR count). The van der Waals surface area contributed by atoms with Crippen LogP contribution in [0.5, 0.6) is 0 Å². The van der Waals surface area contributed by atoms with E-state index in [1.54, 1.807) is 0 Å². The standard InChI is InChI=1S/C7H10F2O2S/c1-2-12-4-6(5(10)11)3-7(6,8)9/h2-4H2,1H3,(H,10,11). The van der Waals surface area contributed by atoms with E-state index in [0.29, 0.717) is 5.75 Å². The number of rotatable bonds is 4. The molecule has 2 nitrogen and oxygen atoms in total. The van der Waals surface area contributed by atoms with Crippen LogP contribution in [0.1, 0.15) is 13.3 Å². The van der Waals surface area contributed by atoms with Crippen molar-refractivity contribution in [2.24, 2.45) is 5.41 Å². The first-order chi connectivity index (χ1) is 5.46. The summed E-state index contributed by atoms with van der Waals surface area (Å²) >= 11 is 1.25. The number of hydrogen-bond donors (Lipinski definition) is 1. The lowest BCUT2D eigenvalue weighted by molar-refractivity contribution is -0.146. The molecule has 1 unspecified atom stereocenters. The Morgan fingerprint density at radius 3 is 2.42 bits per heavy atom. The van der Waals surface area contributed by atoms with Crippen molar-refractivity contribution in [2.75, 3.05) is 11.5 Å². The molecule has 1 N–H and O–H groups in total. The lowest BCUT2D eigenvalue weighted by Crippen LogP contribution is -2.25. The lowest BCUT2D eigenvalue weighted by atomic mass is 10.1. The Kier molecular flexibility index (Phi) is 2.33. The molecule has 0 spiro atoms. The third-order valence-corrected chi connectivity index (χ3v) is 3.17. The molecule has 0 radical (unpaired) electrons. The van der Waals surface area contributed by atoms with Gasteiger partial charge in [-0.3, -0.25) is 4.79 Å². The highest BCUT2D eigenvalue weighted by Crippen LogP contribution is 2.61. The van der Waals surface area contributed by atoms with Gasteiger partial charge in [-0.1, -0.05) is 6.92 Å². The first-order valence-electron chi connectivity index (χ1n) is 3.65. The zero-order valence-corrected chi connectivity index (χ0v) is 7.46. The molecule has 1 aliphatic carbocycles. The third-order valence-electron chi connectivity index (χ3n) is 2.06. The molecule has 0 bridgehead atoms. The van der Waals surface area contributed by atoms with Gasteiger partial charge in [-0.2, -0.15) is 11.8 Å². The first-order valence-corrected chi connectivity index (χ1v) is 4.81. The predicted molar refractivity (Wildman–Crippen MR) is 42.6 cm³/mol. The minimum absolute atomic E-state index is 0.0197. The van der Waals surface area contributed by atoms with E-state index in [2.05, 4.69) is 0 Å². The average Bonchev–Trinajstić information content (AvgIpc) is 2.51. The Balaban J connectivity index is 2.60. The summed E-state index contributed by atoms with van der Waals surface area (Å²) in [6.45, 7) is 1.82. The Hall–Kier alpha value is -0.320. The second-order valence-corrected chi connectivity index (χ2v) is 4.18. The maximum Gasteiger partial charge on any atom is 0.316 e. The number of carboxylic acid groups (broad SMARTS) is 1. The van der Waals surface area contributed by atoms with E-state index in [1.807, 2.05) is 6.92 Å². The molecule has 1 saturated carbocycles. The summed E-state index contributed by atoms with van der Waals surface area (Å²) in [5.41, 5.74) is -1.76. The van der Waals surface area contributed by atoms with Gasteiger partial charge >= 0.3 is 5.97 Å². The second kappa shape index (κ2) is 2.87. The van der Waals surface area contributed by atoms with Crippen LogP contribution in [0, 0.1) is 5.41 Å². The Labute approximate surface area is 73.3 Å².